The Balaban J connectivity index is 2.03. The van der Waals surface area contributed by atoms with E-state index in [1.165, 1.54) is 11.3 Å². The Bertz CT molecular complexity index is 871. The summed E-state index contributed by atoms with van der Waals surface area (Å²) in [5, 5.41) is 17.8. The van der Waals surface area contributed by atoms with Gasteiger partial charge in [-0.1, -0.05) is 41.9 Å². The van der Waals surface area contributed by atoms with Gasteiger partial charge in [-0.15, -0.1) is 21.5 Å². The van der Waals surface area contributed by atoms with Crippen LogP contribution in [0.25, 0.3) is 23.0 Å². The van der Waals surface area contributed by atoms with Crippen molar-refractivity contribution in [2.24, 2.45) is 7.05 Å². The maximum absolute atomic E-state index is 9.42. The van der Waals surface area contributed by atoms with Gasteiger partial charge in [-0.2, -0.15) is 5.26 Å². The fourth-order valence-electron chi connectivity index (χ4n) is 2.10. The van der Waals surface area contributed by atoms with E-state index in [0.717, 1.165) is 16.3 Å². The van der Waals surface area contributed by atoms with Gasteiger partial charge in [-0.25, -0.2) is 0 Å². The Kier molecular flexibility index (Phi) is 4.05. The van der Waals surface area contributed by atoms with Crippen molar-refractivity contribution in [2.75, 3.05) is 0 Å². The van der Waals surface area contributed by atoms with Crippen molar-refractivity contribution >= 4 is 34.6 Å². The molecular formula is C16H11ClN4S. The summed E-state index contributed by atoms with van der Waals surface area (Å²) in [5.74, 6) is 1.26. The van der Waals surface area contributed by atoms with Crippen LogP contribution in [0.15, 0.2) is 42.5 Å². The van der Waals surface area contributed by atoms with Crippen LogP contribution in [0.1, 0.15) is 10.7 Å². The van der Waals surface area contributed by atoms with Crippen molar-refractivity contribution in [1.82, 2.24) is 14.8 Å². The summed E-state index contributed by atoms with van der Waals surface area (Å²) in [5.41, 5.74) is 1.41. The first-order valence-corrected chi connectivity index (χ1v) is 7.71. The molecule has 0 unspecified atom stereocenters. The van der Waals surface area contributed by atoms with E-state index in [0.29, 0.717) is 15.7 Å². The van der Waals surface area contributed by atoms with Crippen LogP contribution in [0.2, 0.25) is 4.34 Å². The van der Waals surface area contributed by atoms with Gasteiger partial charge in [0.25, 0.3) is 0 Å². The minimum Gasteiger partial charge on any atom is -0.310 e. The number of aromatic nitrogens is 3. The summed E-state index contributed by atoms with van der Waals surface area (Å²) >= 11 is 7.34. The molecule has 0 atom stereocenters. The van der Waals surface area contributed by atoms with Crippen LogP contribution in [0, 0.1) is 11.3 Å². The van der Waals surface area contributed by atoms with Gasteiger partial charge in [0.2, 0.25) is 0 Å². The van der Waals surface area contributed by atoms with Crippen LogP contribution >= 0.6 is 22.9 Å². The third kappa shape index (κ3) is 2.80. The lowest BCUT2D eigenvalue weighted by Crippen LogP contribution is -1.98. The highest BCUT2D eigenvalue weighted by atomic mass is 35.5. The average Bonchev–Trinajstić information content (AvgIpc) is 3.12. The molecule has 6 heteroatoms. The van der Waals surface area contributed by atoms with E-state index >= 15 is 0 Å². The molecule has 3 rings (SSSR count). The maximum Gasteiger partial charge on any atom is 0.174 e. The zero-order chi connectivity index (χ0) is 15.5. The number of halogens is 1. The predicted molar refractivity (Wildman–Crippen MR) is 89.3 cm³/mol. The summed E-state index contributed by atoms with van der Waals surface area (Å²) in [7, 11) is 1.85. The lowest BCUT2D eigenvalue weighted by molar-refractivity contribution is 0.901. The minimum atomic E-state index is 0.454. The average molecular weight is 327 g/mol. The molecule has 0 saturated carbocycles. The van der Waals surface area contributed by atoms with Gasteiger partial charge in [-0.05, 0) is 18.2 Å². The number of rotatable bonds is 3. The molecule has 0 spiro atoms. The fraction of sp³-hybridized carbons (Fsp3) is 0.0625. The normalized spacial score (nSPS) is 11.4. The third-order valence-corrected chi connectivity index (χ3v) is 4.33. The molecule has 1 aromatic carbocycles. The molecular weight excluding hydrogens is 316 g/mol. The van der Waals surface area contributed by atoms with Crippen LogP contribution < -0.4 is 0 Å². The van der Waals surface area contributed by atoms with E-state index in [9.17, 15) is 5.26 Å². The van der Waals surface area contributed by atoms with Crippen LogP contribution in [0.3, 0.4) is 0 Å². The summed E-state index contributed by atoms with van der Waals surface area (Å²) in [4.78, 5) is 0.908. The maximum atomic E-state index is 9.42. The summed E-state index contributed by atoms with van der Waals surface area (Å²) < 4.78 is 2.51. The Hall–Kier alpha value is -2.42. The molecule has 2 aromatic heterocycles. The van der Waals surface area contributed by atoms with Gasteiger partial charge in [-0.3, -0.25) is 0 Å². The van der Waals surface area contributed by atoms with Crippen molar-refractivity contribution in [3.8, 4) is 17.5 Å². The number of nitriles is 1. The lowest BCUT2D eigenvalue weighted by Gasteiger charge is -2.02. The van der Waals surface area contributed by atoms with Crippen molar-refractivity contribution in [2.45, 2.75) is 0 Å². The van der Waals surface area contributed by atoms with Gasteiger partial charge in [0.05, 0.1) is 9.91 Å². The van der Waals surface area contributed by atoms with Crippen LogP contribution in [0.4, 0.5) is 0 Å². The quantitative estimate of drug-likeness (QED) is 0.676. The second-order valence-corrected chi connectivity index (χ2v) is 6.33. The number of allylic oxidation sites excluding steroid dienone is 1. The first kappa shape index (κ1) is 14.5. The first-order valence-electron chi connectivity index (χ1n) is 6.51. The second kappa shape index (κ2) is 6.14. The fourth-order valence-corrected chi connectivity index (χ4v) is 3.10. The molecule has 108 valence electrons. The van der Waals surface area contributed by atoms with Gasteiger partial charge in [0.15, 0.2) is 11.6 Å². The molecule has 0 aliphatic carbocycles. The molecule has 0 amide bonds. The van der Waals surface area contributed by atoms with E-state index < -0.39 is 0 Å². The number of nitrogens with zero attached hydrogens (tertiary/aromatic N) is 4. The molecule has 0 saturated heterocycles. The van der Waals surface area contributed by atoms with Crippen molar-refractivity contribution in [1.29, 1.82) is 5.26 Å². The van der Waals surface area contributed by atoms with E-state index in [1.807, 2.05) is 48.0 Å². The Morgan fingerprint density at radius 2 is 2.00 bits per heavy atom. The molecule has 0 aliphatic rings. The number of benzene rings is 1. The molecule has 4 nitrogen and oxygen atoms in total. The van der Waals surface area contributed by atoms with E-state index in [-0.39, 0.29) is 0 Å². The van der Waals surface area contributed by atoms with Crippen LogP contribution in [-0.4, -0.2) is 14.8 Å². The van der Waals surface area contributed by atoms with Gasteiger partial charge in [0.1, 0.15) is 6.07 Å². The zero-order valence-corrected chi connectivity index (χ0v) is 13.3. The number of hydrogen-bond donors (Lipinski definition) is 0. The Morgan fingerprint density at radius 3 is 2.64 bits per heavy atom. The highest BCUT2D eigenvalue weighted by molar-refractivity contribution is 7.17. The second-order valence-electron chi connectivity index (χ2n) is 4.58. The first-order chi connectivity index (χ1) is 10.7. The molecule has 0 bridgehead atoms. The zero-order valence-electron chi connectivity index (χ0n) is 11.7. The molecule has 0 radical (unpaired) electrons. The molecule has 3 aromatic rings. The van der Waals surface area contributed by atoms with E-state index in [2.05, 4.69) is 16.3 Å². The van der Waals surface area contributed by atoms with Crippen LogP contribution in [-0.2, 0) is 7.05 Å². The lowest BCUT2D eigenvalue weighted by atomic mass is 10.2. The van der Waals surface area contributed by atoms with Gasteiger partial charge in [0, 0.05) is 17.5 Å². The Labute approximate surface area is 136 Å². The monoisotopic (exact) mass is 326 g/mol. The van der Waals surface area contributed by atoms with E-state index in [1.54, 1.807) is 12.1 Å². The minimum absolute atomic E-state index is 0.454. The highest BCUT2D eigenvalue weighted by Gasteiger charge is 2.14. The smallest absolute Gasteiger partial charge is 0.174 e. The standard InChI is InChI=1S/C16H11ClN4S/c1-21-15(11-5-3-2-4-6-11)19-20-16(21)12(10-18)9-13-7-8-14(17)22-13/h2-9H,1H3. The third-order valence-electron chi connectivity index (χ3n) is 3.15. The van der Waals surface area contributed by atoms with Crippen molar-refractivity contribution < 1.29 is 0 Å². The summed E-state index contributed by atoms with van der Waals surface area (Å²) in [6, 6.07) is 15.6. The molecule has 0 aliphatic heterocycles. The van der Waals surface area contributed by atoms with E-state index in [4.69, 9.17) is 11.6 Å². The number of thiophene rings is 1. The SMILES string of the molecule is Cn1c(C(C#N)=Cc2ccc(Cl)s2)nnc1-c1ccccc1. The summed E-state index contributed by atoms with van der Waals surface area (Å²) in [6.07, 6.45) is 1.77. The molecule has 0 N–H and O–H groups in total. The van der Waals surface area contributed by atoms with Crippen molar-refractivity contribution in [3.05, 3.63) is 57.5 Å². The molecule has 22 heavy (non-hydrogen) atoms. The van der Waals surface area contributed by atoms with Crippen molar-refractivity contribution in [3.63, 3.8) is 0 Å². The van der Waals surface area contributed by atoms with Gasteiger partial charge >= 0.3 is 0 Å². The van der Waals surface area contributed by atoms with Crippen LogP contribution in [0.5, 0.6) is 0 Å². The topological polar surface area (TPSA) is 54.5 Å². The predicted octanol–water partition coefficient (Wildman–Crippen LogP) is 4.26. The van der Waals surface area contributed by atoms with Gasteiger partial charge < -0.3 is 4.57 Å². The molecule has 0 fully saturated rings. The largest absolute Gasteiger partial charge is 0.310 e. The number of hydrogen-bond acceptors (Lipinski definition) is 4. The summed E-state index contributed by atoms with van der Waals surface area (Å²) in [6.45, 7) is 0. The molecule has 2 heterocycles. The highest BCUT2D eigenvalue weighted by Crippen LogP contribution is 2.26. The Morgan fingerprint density at radius 1 is 1.23 bits per heavy atom.